The number of anilines is 1. The van der Waals surface area contributed by atoms with E-state index in [2.05, 4.69) is 43.8 Å². The minimum Gasteiger partial charge on any atom is -0.481 e. The van der Waals surface area contributed by atoms with Gasteiger partial charge >= 0.3 is 5.97 Å². The summed E-state index contributed by atoms with van der Waals surface area (Å²) in [6.45, 7) is 3.05. The summed E-state index contributed by atoms with van der Waals surface area (Å²) in [6.07, 6.45) is -0.0692. The van der Waals surface area contributed by atoms with Gasteiger partial charge in [0, 0.05) is 14.5 Å². The van der Waals surface area contributed by atoms with Gasteiger partial charge in [0.25, 0.3) is 0 Å². The number of carbonyl (C=O) groups is 2. The highest BCUT2D eigenvalue weighted by Crippen LogP contribution is 2.26. The Hall–Kier alpha value is -0.630. The van der Waals surface area contributed by atoms with Crippen LogP contribution in [0.1, 0.15) is 20.3 Å². The third kappa shape index (κ3) is 4.24. The number of halogens is 2. The van der Waals surface area contributed by atoms with Crippen molar-refractivity contribution in [3.05, 3.63) is 26.2 Å². The van der Waals surface area contributed by atoms with E-state index in [0.717, 1.165) is 8.04 Å². The Kier molecular flexibility index (Phi) is 5.15. The largest absolute Gasteiger partial charge is 0.481 e. The predicted octanol–water partition coefficient (Wildman–Crippen LogP) is 3.49. The molecule has 1 amide bonds. The number of nitrogens with one attached hydrogen (secondary N) is 1. The van der Waals surface area contributed by atoms with Crippen LogP contribution < -0.4 is 5.32 Å². The summed E-state index contributed by atoms with van der Waals surface area (Å²) in [5, 5.41) is 11.7. The molecule has 1 aromatic carbocycles. The monoisotopic (exact) mass is 425 g/mol. The number of carbonyl (C=O) groups excluding carboxylic acids is 1. The summed E-state index contributed by atoms with van der Waals surface area (Å²) in [7, 11) is 0. The summed E-state index contributed by atoms with van der Waals surface area (Å²) in [6, 6.07) is 5.55. The zero-order chi connectivity index (χ0) is 13.9. The van der Waals surface area contributed by atoms with Crippen LogP contribution in [0.3, 0.4) is 0 Å². The first kappa shape index (κ1) is 15.4. The van der Waals surface area contributed by atoms with Crippen molar-refractivity contribution in [1.29, 1.82) is 0 Å². The maximum absolute atomic E-state index is 11.8. The molecule has 0 radical (unpaired) electrons. The fourth-order valence-electron chi connectivity index (χ4n) is 1.26. The molecular weight excluding hydrogens is 413 g/mol. The molecule has 6 heteroatoms. The lowest BCUT2D eigenvalue weighted by Gasteiger charge is -2.18. The van der Waals surface area contributed by atoms with Crippen LogP contribution in [0.2, 0.25) is 0 Å². The Balaban J connectivity index is 2.77. The van der Waals surface area contributed by atoms with Crippen LogP contribution in [-0.2, 0) is 9.59 Å². The van der Waals surface area contributed by atoms with Crippen LogP contribution in [0, 0.1) is 8.99 Å². The van der Waals surface area contributed by atoms with Crippen LogP contribution in [0.5, 0.6) is 0 Å². The molecule has 1 aromatic rings. The summed E-state index contributed by atoms with van der Waals surface area (Å²) in [5.74, 6) is -1.30. The molecule has 0 aliphatic rings. The third-order valence-corrected chi connectivity index (χ3v) is 3.75. The van der Waals surface area contributed by atoms with Crippen molar-refractivity contribution in [1.82, 2.24) is 0 Å². The van der Waals surface area contributed by atoms with Gasteiger partial charge in [0.1, 0.15) is 0 Å². The number of hydrogen-bond acceptors (Lipinski definition) is 2. The Morgan fingerprint density at radius 1 is 1.44 bits per heavy atom. The molecule has 0 saturated carbocycles. The van der Waals surface area contributed by atoms with E-state index in [1.165, 1.54) is 13.8 Å². The lowest BCUT2D eigenvalue weighted by molar-refractivity contribution is -0.148. The molecule has 0 atom stereocenters. The number of aliphatic carboxylic acids is 1. The van der Waals surface area contributed by atoms with Crippen molar-refractivity contribution in [3.8, 4) is 0 Å². The van der Waals surface area contributed by atoms with Crippen molar-refractivity contribution < 1.29 is 14.7 Å². The van der Waals surface area contributed by atoms with Crippen LogP contribution in [0.4, 0.5) is 5.69 Å². The molecule has 4 nitrogen and oxygen atoms in total. The second-order valence-corrected chi connectivity index (χ2v) is 6.64. The molecule has 0 bridgehead atoms. The first-order chi connectivity index (χ1) is 8.22. The zero-order valence-corrected chi connectivity index (χ0v) is 13.7. The molecule has 0 aromatic heterocycles. The Labute approximate surface area is 127 Å². The highest BCUT2D eigenvalue weighted by Gasteiger charge is 2.30. The SMILES string of the molecule is CC(C)(CC(=O)Nc1cc(I)ccc1Br)C(=O)O. The number of rotatable bonds is 4. The lowest BCUT2D eigenvalue weighted by Crippen LogP contribution is -2.29. The standard InChI is InChI=1S/C12H13BrINO3/c1-12(2,11(17)18)6-10(16)15-9-5-7(14)3-4-8(9)13/h3-5H,6H2,1-2H3,(H,15,16)(H,17,18). The van der Waals surface area contributed by atoms with Crippen molar-refractivity contribution >= 4 is 56.1 Å². The van der Waals surface area contributed by atoms with Gasteiger partial charge in [-0.1, -0.05) is 0 Å². The molecule has 18 heavy (non-hydrogen) atoms. The molecule has 2 N–H and O–H groups in total. The highest BCUT2D eigenvalue weighted by molar-refractivity contribution is 14.1. The van der Waals surface area contributed by atoms with Gasteiger partial charge in [-0.05, 0) is 70.6 Å². The summed E-state index contributed by atoms with van der Waals surface area (Å²) < 4.78 is 1.76. The molecule has 0 aliphatic carbocycles. The van der Waals surface area contributed by atoms with Gasteiger partial charge in [-0.25, -0.2) is 0 Å². The molecule has 1 rings (SSSR count). The van der Waals surface area contributed by atoms with Gasteiger partial charge in [0.2, 0.25) is 5.91 Å². The van der Waals surface area contributed by atoms with Gasteiger partial charge in [-0.2, -0.15) is 0 Å². The van der Waals surface area contributed by atoms with Crippen molar-refractivity contribution in [3.63, 3.8) is 0 Å². The van der Waals surface area contributed by atoms with E-state index in [0.29, 0.717) is 5.69 Å². The molecular formula is C12H13BrINO3. The molecule has 0 saturated heterocycles. The zero-order valence-electron chi connectivity index (χ0n) is 9.96. The number of carboxylic acid groups (broad SMARTS) is 1. The molecule has 98 valence electrons. The number of amides is 1. The maximum atomic E-state index is 11.8. The van der Waals surface area contributed by atoms with Crippen LogP contribution in [0.25, 0.3) is 0 Å². The molecule has 0 fully saturated rings. The molecule has 0 aliphatic heterocycles. The van der Waals surface area contributed by atoms with Crippen molar-refractivity contribution in [2.45, 2.75) is 20.3 Å². The first-order valence-corrected chi connectivity index (χ1v) is 7.08. The van der Waals surface area contributed by atoms with E-state index in [4.69, 9.17) is 5.11 Å². The van der Waals surface area contributed by atoms with Crippen molar-refractivity contribution in [2.75, 3.05) is 5.32 Å². The van der Waals surface area contributed by atoms with E-state index in [1.54, 1.807) is 0 Å². The molecule has 0 heterocycles. The van der Waals surface area contributed by atoms with E-state index < -0.39 is 11.4 Å². The minimum absolute atomic E-state index is 0.0692. The summed E-state index contributed by atoms with van der Waals surface area (Å²) in [5.41, 5.74) is -0.425. The van der Waals surface area contributed by atoms with Crippen molar-refractivity contribution in [2.24, 2.45) is 5.41 Å². The van der Waals surface area contributed by atoms with E-state index in [-0.39, 0.29) is 12.3 Å². The Morgan fingerprint density at radius 3 is 2.61 bits per heavy atom. The van der Waals surface area contributed by atoms with E-state index in [1.807, 2.05) is 18.2 Å². The fraction of sp³-hybridized carbons (Fsp3) is 0.333. The average molecular weight is 426 g/mol. The summed E-state index contributed by atoms with van der Waals surface area (Å²) >= 11 is 5.47. The second-order valence-electron chi connectivity index (χ2n) is 4.54. The minimum atomic E-state index is -1.07. The third-order valence-electron chi connectivity index (χ3n) is 2.38. The van der Waals surface area contributed by atoms with Crippen LogP contribution >= 0.6 is 38.5 Å². The van der Waals surface area contributed by atoms with Gasteiger partial charge in [-0.15, -0.1) is 0 Å². The predicted molar refractivity (Wildman–Crippen MR) is 81.5 cm³/mol. The Bertz CT molecular complexity index is 488. The summed E-state index contributed by atoms with van der Waals surface area (Å²) in [4.78, 5) is 22.7. The topological polar surface area (TPSA) is 66.4 Å². The number of benzene rings is 1. The van der Waals surface area contributed by atoms with E-state index >= 15 is 0 Å². The van der Waals surface area contributed by atoms with Gasteiger partial charge < -0.3 is 10.4 Å². The number of hydrogen-bond donors (Lipinski definition) is 2. The van der Waals surface area contributed by atoms with Crippen LogP contribution in [-0.4, -0.2) is 17.0 Å². The van der Waals surface area contributed by atoms with Gasteiger partial charge in [0.05, 0.1) is 11.1 Å². The van der Waals surface area contributed by atoms with Gasteiger partial charge in [0.15, 0.2) is 0 Å². The lowest BCUT2D eigenvalue weighted by atomic mass is 9.89. The quantitative estimate of drug-likeness (QED) is 0.725. The first-order valence-electron chi connectivity index (χ1n) is 5.20. The van der Waals surface area contributed by atoms with Crippen LogP contribution in [0.15, 0.2) is 22.7 Å². The van der Waals surface area contributed by atoms with E-state index in [9.17, 15) is 9.59 Å². The Morgan fingerprint density at radius 2 is 2.06 bits per heavy atom. The maximum Gasteiger partial charge on any atom is 0.309 e. The fourth-order valence-corrected chi connectivity index (χ4v) is 2.10. The normalized spacial score (nSPS) is 11.1. The second kappa shape index (κ2) is 6.01. The van der Waals surface area contributed by atoms with Gasteiger partial charge in [-0.3, -0.25) is 9.59 Å². The molecule has 0 spiro atoms. The average Bonchev–Trinajstić information content (AvgIpc) is 2.22. The number of carboxylic acids is 1. The smallest absolute Gasteiger partial charge is 0.309 e. The highest BCUT2D eigenvalue weighted by atomic mass is 127. The molecule has 0 unspecified atom stereocenters.